The topological polar surface area (TPSA) is 74.8 Å². The number of para-hydroxylation sites is 1. The molecule has 0 aliphatic rings. The number of nitrogens with one attached hydrogen (secondary N) is 2. The van der Waals surface area contributed by atoms with Gasteiger partial charge in [0.25, 0.3) is 0 Å². The lowest BCUT2D eigenvalue weighted by Gasteiger charge is -2.00. The largest absolute Gasteiger partial charge is 0.388 e. The van der Waals surface area contributed by atoms with Gasteiger partial charge >= 0.3 is 0 Å². The van der Waals surface area contributed by atoms with Crippen molar-refractivity contribution in [2.24, 2.45) is 0 Å². The van der Waals surface area contributed by atoms with Gasteiger partial charge in [-0.25, -0.2) is 13.4 Å². The van der Waals surface area contributed by atoms with E-state index < -0.39 is 9.84 Å². The van der Waals surface area contributed by atoms with Gasteiger partial charge in [-0.1, -0.05) is 6.07 Å². The number of hydrogen-bond donors (Lipinski definition) is 2. The fraction of sp³-hybridized carbons (Fsp3) is 0.133. The Labute approximate surface area is 123 Å². The molecular weight excluding hydrogens is 286 g/mol. The average Bonchev–Trinajstić information content (AvgIpc) is 2.90. The first-order valence-electron chi connectivity index (χ1n) is 6.46. The number of anilines is 1. The minimum Gasteiger partial charge on any atom is -0.388 e. The number of hydrogen-bond acceptors (Lipinski definition) is 4. The van der Waals surface area contributed by atoms with Crippen LogP contribution in [0.1, 0.15) is 0 Å². The van der Waals surface area contributed by atoms with Crippen LogP contribution in [0.2, 0.25) is 0 Å². The van der Waals surface area contributed by atoms with Gasteiger partial charge in [-0.15, -0.1) is 0 Å². The number of imidazole rings is 1. The predicted octanol–water partition coefficient (Wildman–Crippen LogP) is 2.68. The molecule has 108 valence electrons. The lowest BCUT2D eigenvalue weighted by atomic mass is 10.2. The zero-order valence-corrected chi connectivity index (χ0v) is 12.5. The summed E-state index contributed by atoms with van der Waals surface area (Å²) in [6.07, 6.45) is 1.19. The van der Waals surface area contributed by atoms with E-state index in [-0.39, 0.29) is 4.90 Å². The summed E-state index contributed by atoms with van der Waals surface area (Å²) in [5, 5.41) is 3.05. The summed E-state index contributed by atoms with van der Waals surface area (Å²) in [6, 6.07) is 12.9. The number of sulfone groups is 1. The molecule has 0 unspecified atom stereocenters. The molecule has 3 aromatic rings. The Morgan fingerprint density at radius 1 is 1.10 bits per heavy atom. The van der Waals surface area contributed by atoms with Crippen LogP contribution in [-0.4, -0.2) is 31.7 Å². The first-order chi connectivity index (χ1) is 9.99. The first-order valence-corrected chi connectivity index (χ1v) is 8.35. The van der Waals surface area contributed by atoms with Crippen molar-refractivity contribution in [3.63, 3.8) is 0 Å². The normalized spacial score (nSPS) is 11.7. The summed E-state index contributed by atoms with van der Waals surface area (Å²) in [5.74, 6) is 0.656. The van der Waals surface area contributed by atoms with Crippen molar-refractivity contribution in [3.05, 3.63) is 42.5 Å². The number of H-pyrrole nitrogens is 1. The van der Waals surface area contributed by atoms with Gasteiger partial charge in [0.05, 0.1) is 10.4 Å². The van der Waals surface area contributed by atoms with E-state index in [2.05, 4.69) is 15.3 Å². The summed E-state index contributed by atoms with van der Waals surface area (Å²) >= 11 is 0. The Bertz CT molecular complexity index is 896. The maximum atomic E-state index is 11.8. The monoisotopic (exact) mass is 301 g/mol. The first kappa shape index (κ1) is 13.6. The summed E-state index contributed by atoms with van der Waals surface area (Å²) in [5.41, 5.74) is 3.11. The summed E-state index contributed by atoms with van der Waals surface area (Å²) in [4.78, 5) is 7.86. The molecule has 0 aliphatic carbocycles. The van der Waals surface area contributed by atoms with Crippen LogP contribution in [0.5, 0.6) is 0 Å². The molecular formula is C15H15N3O2S. The number of benzene rings is 2. The van der Waals surface area contributed by atoms with E-state index in [4.69, 9.17) is 0 Å². The molecule has 1 heterocycles. The summed E-state index contributed by atoms with van der Waals surface area (Å²) < 4.78 is 23.6. The third-order valence-electron chi connectivity index (χ3n) is 3.32. The van der Waals surface area contributed by atoms with E-state index in [9.17, 15) is 8.42 Å². The van der Waals surface area contributed by atoms with Crippen molar-refractivity contribution in [1.82, 2.24) is 9.97 Å². The molecule has 1 aromatic heterocycles. The highest BCUT2D eigenvalue weighted by atomic mass is 32.2. The molecule has 2 aromatic carbocycles. The third-order valence-corrected chi connectivity index (χ3v) is 4.45. The molecule has 0 radical (unpaired) electrons. The molecule has 0 spiro atoms. The van der Waals surface area contributed by atoms with E-state index in [1.165, 1.54) is 6.26 Å². The molecule has 0 bridgehead atoms. The SMILES string of the molecule is CNc1ccc(-c2nc3c(S(C)(=O)=O)cccc3[nH]2)cc1. The van der Waals surface area contributed by atoms with Gasteiger partial charge in [0.2, 0.25) is 0 Å². The van der Waals surface area contributed by atoms with Gasteiger partial charge in [0.15, 0.2) is 9.84 Å². The fourth-order valence-electron chi connectivity index (χ4n) is 2.24. The number of aromatic amines is 1. The van der Waals surface area contributed by atoms with E-state index in [0.29, 0.717) is 16.9 Å². The Hall–Kier alpha value is -2.34. The van der Waals surface area contributed by atoms with Crippen LogP contribution < -0.4 is 5.32 Å². The van der Waals surface area contributed by atoms with Crippen molar-refractivity contribution in [2.45, 2.75) is 4.90 Å². The van der Waals surface area contributed by atoms with Crippen LogP contribution >= 0.6 is 0 Å². The van der Waals surface area contributed by atoms with E-state index in [1.54, 1.807) is 12.1 Å². The van der Waals surface area contributed by atoms with Crippen LogP contribution in [-0.2, 0) is 9.84 Å². The highest BCUT2D eigenvalue weighted by molar-refractivity contribution is 7.91. The number of aromatic nitrogens is 2. The molecule has 21 heavy (non-hydrogen) atoms. The maximum absolute atomic E-state index is 11.8. The average molecular weight is 301 g/mol. The Balaban J connectivity index is 2.17. The Morgan fingerprint density at radius 3 is 2.43 bits per heavy atom. The maximum Gasteiger partial charge on any atom is 0.177 e. The molecule has 2 N–H and O–H groups in total. The molecule has 0 saturated heterocycles. The smallest absolute Gasteiger partial charge is 0.177 e. The molecule has 5 nitrogen and oxygen atoms in total. The quantitative estimate of drug-likeness (QED) is 0.780. The highest BCUT2D eigenvalue weighted by Crippen LogP contribution is 2.26. The second-order valence-corrected chi connectivity index (χ2v) is 6.82. The minimum atomic E-state index is -3.30. The fourth-order valence-corrected chi connectivity index (χ4v) is 3.07. The summed E-state index contributed by atoms with van der Waals surface area (Å²) in [7, 11) is -1.45. The van der Waals surface area contributed by atoms with E-state index in [1.807, 2.05) is 37.4 Å². The Kier molecular flexibility index (Phi) is 3.17. The van der Waals surface area contributed by atoms with E-state index >= 15 is 0 Å². The molecule has 3 rings (SSSR count). The van der Waals surface area contributed by atoms with Crippen LogP contribution in [0.4, 0.5) is 5.69 Å². The number of rotatable bonds is 3. The molecule has 0 atom stereocenters. The van der Waals surface area contributed by atoms with Gasteiger partial charge in [-0.2, -0.15) is 0 Å². The summed E-state index contributed by atoms with van der Waals surface area (Å²) in [6.45, 7) is 0. The van der Waals surface area contributed by atoms with Crippen molar-refractivity contribution < 1.29 is 8.42 Å². The lowest BCUT2D eigenvalue weighted by molar-refractivity contribution is 0.602. The minimum absolute atomic E-state index is 0.245. The molecule has 6 heteroatoms. The zero-order chi connectivity index (χ0) is 15.0. The van der Waals surface area contributed by atoms with Crippen molar-refractivity contribution >= 4 is 26.6 Å². The second kappa shape index (κ2) is 4.89. The van der Waals surface area contributed by atoms with Crippen LogP contribution in [0, 0.1) is 0 Å². The molecule has 0 saturated carbocycles. The lowest BCUT2D eigenvalue weighted by Crippen LogP contribution is -1.97. The van der Waals surface area contributed by atoms with Crippen LogP contribution in [0.3, 0.4) is 0 Å². The number of fused-ring (bicyclic) bond motifs is 1. The van der Waals surface area contributed by atoms with Crippen molar-refractivity contribution in [2.75, 3.05) is 18.6 Å². The molecule has 0 amide bonds. The molecule has 0 fully saturated rings. The standard InChI is InChI=1S/C15H15N3O2S/c1-16-11-8-6-10(7-9-11)15-17-12-4-3-5-13(14(12)18-15)21(2,19)20/h3-9,16H,1-2H3,(H,17,18). The van der Waals surface area contributed by atoms with Gasteiger partial charge in [0, 0.05) is 24.6 Å². The highest BCUT2D eigenvalue weighted by Gasteiger charge is 2.15. The van der Waals surface area contributed by atoms with Crippen molar-refractivity contribution in [3.8, 4) is 11.4 Å². The predicted molar refractivity (Wildman–Crippen MR) is 84.2 cm³/mol. The van der Waals surface area contributed by atoms with E-state index in [0.717, 1.165) is 11.3 Å². The second-order valence-electron chi connectivity index (χ2n) is 4.84. The van der Waals surface area contributed by atoms with Crippen LogP contribution in [0.15, 0.2) is 47.4 Å². The van der Waals surface area contributed by atoms with Gasteiger partial charge in [-0.05, 0) is 36.4 Å². The van der Waals surface area contributed by atoms with Gasteiger partial charge < -0.3 is 10.3 Å². The van der Waals surface area contributed by atoms with Crippen molar-refractivity contribution in [1.29, 1.82) is 0 Å². The molecule has 0 aliphatic heterocycles. The van der Waals surface area contributed by atoms with Gasteiger partial charge in [0.1, 0.15) is 11.3 Å². The number of nitrogens with zero attached hydrogens (tertiary/aromatic N) is 1. The van der Waals surface area contributed by atoms with Crippen LogP contribution in [0.25, 0.3) is 22.4 Å². The van der Waals surface area contributed by atoms with Gasteiger partial charge in [-0.3, -0.25) is 0 Å². The third kappa shape index (κ3) is 2.50. The Morgan fingerprint density at radius 2 is 1.81 bits per heavy atom. The zero-order valence-electron chi connectivity index (χ0n) is 11.7.